The molecule has 7 nitrogen and oxygen atoms in total. The number of carbonyl (C=O) groups excluding carboxylic acids is 1. The van der Waals surface area contributed by atoms with E-state index in [4.69, 9.17) is 9.47 Å². The minimum atomic E-state index is -3.49. The van der Waals surface area contributed by atoms with Crippen molar-refractivity contribution in [3.8, 4) is 0 Å². The molecule has 0 spiro atoms. The van der Waals surface area contributed by atoms with Crippen LogP contribution in [0.2, 0.25) is 0 Å². The summed E-state index contributed by atoms with van der Waals surface area (Å²) in [6, 6.07) is 8.42. The minimum Gasteiger partial charge on any atom is -0.383 e. The molecule has 0 saturated carbocycles. The van der Waals surface area contributed by atoms with Crippen molar-refractivity contribution in [1.82, 2.24) is 9.21 Å². The second-order valence-corrected chi connectivity index (χ2v) is 8.24. The van der Waals surface area contributed by atoms with Crippen LogP contribution in [0.3, 0.4) is 0 Å². The van der Waals surface area contributed by atoms with E-state index >= 15 is 0 Å². The van der Waals surface area contributed by atoms with Crippen molar-refractivity contribution in [2.45, 2.75) is 17.7 Å². The van der Waals surface area contributed by atoms with Gasteiger partial charge in [0.1, 0.15) is 0 Å². The van der Waals surface area contributed by atoms with Crippen molar-refractivity contribution in [3.63, 3.8) is 0 Å². The molecule has 1 aromatic rings. The average molecular weight is 384 g/mol. The number of hydrogen-bond acceptors (Lipinski definition) is 5. The van der Waals surface area contributed by atoms with E-state index in [1.807, 2.05) is 0 Å². The summed E-state index contributed by atoms with van der Waals surface area (Å²) in [6.07, 6.45) is 1.06. The standard InChI is InChI=1S/C18H28N2O5S/c1-24-14-12-19(13-15-25-2)18(21)16-8-10-20(11-9-16)26(22,23)17-6-4-3-5-7-17/h3-7,16H,8-15H2,1-2H3. The molecule has 26 heavy (non-hydrogen) atoms. The van der Waals surface area contributed by atoms with Crippen molar-refractivity contribution in [1.29, 1.82) is 0 Å². The Bertz CT molecular complexity index is 649. The summed E-state index contributed by atoms with van der Waals surface area (Å²) < 4.78 is 37.0. The predicted molar refractivity (Wildman–Crippen MR) is 98.3 cm³/mol. The third-order valence-corrected chi connectivity index (χ3v) is 6.54. The number of ether oxygens (including phenoxy) is 2. The van der Waals surface area contributed by atoms with Gasteiger partial charge in [-0.3, -0.25) is 4.79 Å². The Morgan fingerprint density at radius 2 is 1.62 bits per heavy atom. The van der Waals surface area contributed by atoms with Crippen LogP contribution in [0.1, 0.15) is 12.8 Å². The van der Waals surface area contributed by atoms with Gasteiger partial charge in [-0.2, -0.15) is 4.31 Å². The molecule has 146 valence electrons. The molecule has 0 aromatic heterocycles. The number of nitrogens with zero attached hydrogens (tertiary/aromatic N) is 2. The molecule has 1 aliphatic rings. The van der Waals surface area contributed by atoms with Gasteiger partial charge < -0.3 is 14.4 Å². The Labute approximate surface area is 155 Å². The second-order valence-electron chi connectivity index (χ2n) is 6.30. The summed E-state index contributed by atoms with van der Waals surface area (Å²) in [5.74, 6) is -0.109. The van der Waals surface area contributed by atoms with E-state index in [1.165, 1.54) is 4.31 Å². The van der Waals surface area contributed by atoms with Crippen molar-refractivity contribution < 1.29 is 22.7 Å². The van der Waals surface area contributed by atoms with Crippen molar-refractivity contribution >= 4 is 15.9 Å². The summed E-state index contributed by atoms with van der Waals surface area (Å²) >= 11 is 0. The fraction of sp³-hybridized carbons (Fsp3) is 0.611. The summed E-state index contributed by atoms with van der Waals surface area (Å²) in [4.78, 5) is 14.8. The first-order chi connectivity index (χ1) is 12.5. The maximum absolute atomic E-state index is 12.8. The second kappa shape index (κ2) is 10.0. The number of hydrogen-bond donors (Lipinski definition) is 0. The zero-order valence-corrected chi connectivity index (χ0v) is 16.3. The average Bonchev–Trinajstić information content (AvgIpc) is 2.68. The van der Waals surface area contributed by atoms with Crippen LogP contribution in [0.15, 0.2) is 35.2 Å². The monoisotopic (exact) mass is 384 g/mol. The topological polar surface area (TPSA) is 76.2 Å². The molecule has 1 saturated heterocycles. The lowest BCUT2D eigenvalue weighted by atomic mass is 9.96. The number of piperidine rings is 1. The summed E-state index contributed by atoms with van der Waals surface area (Å²) in [5, 5.41) is 0. The highest BCUT2D eigenvalue weighted by Gasteiger charge is 2.33. The van der Waals surface area contributed by atoms with E-state index in [2.05, 4.69) is 0 Å². The number of benzene rings is 1. The molecule has 0 bridgehead atoms. The van der Waals surface area contributed by atoms with Gasteiger partial charge in [-0.15, -0.1) is 0 Å². The van der Waals surface area contributed by atoms with Crippen LogP contribution in [0.4, 0.5) is 0 Å². The molecule has 0 atom stereocenters. The maximum Gasteiger partial charge on any atom is 0.243 e. The lowest BCUT2D eigenvalue weighted by molar-refractivity contribution is -0.138. The predicted octanol–water partition coefficient (Wildman–Crippen LogP) is 1.21. The smallest absolute Gasteiger partial charge is 0.243 e. The number of amides is 1. The van der Waals surface area contributed by atoms with Crippen LogP contribution >= 0.6 is 0 Å². The van der Waals surface area contributed by atoms with Gasteiger partial charge in [-0.25, -0.2) is 8.42 Å². The molecule has 1 fully saturated rings. The van der Waals surface area contributed by atoms with Gasteiger partial charge in [0.15, 0.2) is 0 Å². The Kier molecular flexibility index (Phi) is 8.02. The van der Waals surface area contributed by atoms with E-state index in [1.54, 1.807) is 49.5 Å². The van der Waals surface area contributed by atoms with Crippen LogP contribution in [0, 0.1) is 5.92 Å². The summed E-state index contributed by atoms with van der Waals surface area (Å²) in [5.41, 5.74) is 0. The van der Waals surface area contributed by atoms with Crippen molar-refractivity contribution in [2.24, 2.45) is 5.92 Å². The molecular formula is C18H28N2O5S. The Balaban J connectivity index is 1.96. The molecular weight excluding hydrogens is 356 g/mol. The molecule has 8 heteroatoms. The first kappa shape index (κ1) is 20.8. The third-order valence-electron chi connectivity index (χ3n) is 4.63. The molecule has 0 aliphatic carbocycles. The molecule has 1 aromatic carbocycles. The molecule has 1 aliphatic heterocycles. The molecule has 0 N–H and O–H groups in total. The number of carbonyl (C=O) groups is 1. The van der Waals surface area contributed by atoms with E-state index < -0.39 is 10.0 Å². The zero-order valence-electron chi connectivity index (χ0n) is 15.5. The minimum absolute atomic E-state index is 0.0517. The molecule has 0 unspecified atom stereocenters. The fourth-order valence-electron chi connectivity index (χ4n) is 3.08. The van der Waals surface area contributed by atoms with E-state index in [-0.39, 0.29) is 11.8 Å². The molecule has 1 amide bonds. The van der Waals surface area contributed by atoms with Gasteiger partial charge in [0.25, 0.3) is 0 Å². The Morgan fingerprint density at radius 3 is 2.12 bits per heavy atom. The lowest BCUT2D eigenvalue weighted by Crippen LogP contribution is -2.46. The van der Waals surface area contributed by atoms with Gasteiger partial charge in [0.05, 0.1) is 18.1 Å². The van der Waals surface area contributed by atoms with Crippen LogP contribution in [0.25, 0.3) is 0 Å². The Hall–Kier alpha value is -1.48. The highest BCUT2D eigenvalue weighted by atomic mass is 32.2. The number of methoxy groups -OCH3 is 2. The van der Waals surface area contributed by atoms with E-state index in [0.29, 0.717) is 57.1 Å². The van der Waals surface area contributed by atoms with Gasteiger partial charge in [0.2, 0.25) is 15.9 Å². The van der Waals surface area contributed by atoms with E-state index in [9.17, 15) is 13.2 Å². The van der Waals surface area contributed by atoms with Gasteiger partial charge in [-0.1, -0.05) is 18.2 Å². The lowest BCUT2D eigenvalue weighted by Gasteiger charge is -2.33. The third kappa shape index (κ3) is 5.26. The largest absolute Gasteiger partial charge is 0.383 e. The summed E-state index contributed by atoms with van der Waals surface area (Å²) in [7, 11) is -0.285. The Morgan fingerprint density at radius 1 is 1.08 bits per heavy atom. The quantitative estimate of drug-likeness (QED) is 0.640. The highest BCUT2D eigenvalue weighted by Crippen LogP contribution is 2.25. The van der Waals surface area contributed by atoms with Crippen molar-refractivity contribution in [2.75, 3.05) is 53.6 Å². The number of rotatable bonds is 9. The van der Waals surface area contributed by atoms with Crippen LogP contribution in [0.5, 0.6) is 0 Å². The normalized spacial score (nSPS) is 16.5. The fourth-order valence-corrected chi connectivity index (χ4v) is 4.57. The zero-order chi connectivity index (χ0) is 19.0. The SMILES string of the molecule is COCCN(CCOC)C(=O)C1CCN(S(=O)(=O)c2ccccc2)CC1. The van der Waals surface area contributed by atoms with Crippen LogP contribution in [-0.2, 0) is 24.3 Å². The van der Waals surface area contributed by atoms with Gasteiger partial charge in [-0.05, 0) is 25.0 Å². The van der Waals surface area contributed by atoms with Gasteiger partial charge >= 0.3 is 0 Å². The number of sulfonamides is 1. The molecule has 1 heterocycles. The first-order valence-corrected chi connectivity index (χ1v) is 10.3. The van der Waals surface area contributed by atoms with E-state index in [0.717, 1.165) is 0 Å². The molecule has 0 radical (unpaired) electrons. The van der Waals surface area contributed by atoms with Gasteiger partial charge in [0, 0.05) is 46.3 Å². The highest BCUT2D eigenvalue weighted by molar-refractivity contribution is 7.89. The van der Waals surface area contributed by atoms with Crippen molar-refractivity contribution in [3.05, 3.63) is 30.3 Å². The van der Waals surface area contributed by atoms with Crippen LogP contribution < -0.4 is 0 Å². The first-order valence-electron chi connectivity index (χ1n) is 8.82. The van der Waals surface area contributed by atoms with Crippen LogP contribution in [-0.4, -0.2) is 77.1 Å². The maximum atomic E-state index is 12.8. The molecule has 2 rings (SSSR count). The summed E-state index contributed by atoms with van der Waals surface area (Å²) in [6.45, 7) is 2.68.